The molecule has 3 aromatic rings. The number of hydrogen-bond acceptors (Lipinski definition) is 6. The third kappa shape index (κ3) is 3.92. The summed E-state index contributed by atoms with van der Waals surface area (Å²) in [5.41, 5.74) is 6.70. The summed E-state index contributed by atoms with van der Waals surface area (Å²) in [4.78, 5) is 10.1. The van der Waals surface area contributed by atoms with Crippen molar-refractivity contribution in [3.63, 3.8) is 0 Å². The van der Waals surface area contributed by atoms with Gasteiger partial charge in [0.15, 0.2) is 0 Å². The molecule has 0 radical (unpaired) electrons. The Balaban J connectivity index is 1.90. The normalized spacial score (nSPS) is 10.7. The zero-order valence-corrected chi connectivity index (χ0v) is 12.9. The minimum atomic E-state index is 0.114. The highest BCUT2D eigenvalue weighted by Crippen LogP contribution is 2.22. The van der Waals surface area contributed by atoms with Gasteiger partial charge in [0.2, 0.25) is 5.95 Å². The van der Waals surface area contributed by atoms with Crippen LogP contribution in [0.5, 0.6) is 5.75 Å². The fourth-order valence-electron chi connectivity index (χ4n) is 2.22. The van der Waals surface area contributed by atoms with E-state index in [1.807, 2.05) is 29.2 Å². The van der Waals surface area contributed by atoms with Crippen molar-refractivity contribution in [1.82, 2.24) is 9.97 Å². The minimum Gasteiger partial charge on any atom is -0.508 e. The number of phenols is 1. The molecule has 6 nitrogen and oxygen atoms in total. The van der Waals surface area contributed by atoms with Gasteiger partial charge in [-0.3, -0.25) is 0 Å². The SMILES string of the molecule is Nc1nc(Cl)cc(N(Cc2ccc(O)cc2)Cc2ccco2)n1. The summed E-state index contributed by atoms with van der Waals surface area (Å²) in [6.07, 6.45) is 1.62. The fraction of sp³-hybridized carbons (Fsp3) is 0.125. The molecule has 0 bridgehead atoms. The first kappa shape index (κ1) is 15.2. The predicted molar refractivity (Wildman–Crippen MR) is 88.2 cm³/mol. The minimum absolute atomic E-state index is 0.114. The lowest BCUT2D eigenvalue weighted by Gasteiger charge is -2.23. The van der Waals surface area contributed by atoms with Crippen molar-refractivity contribution in [3.05, 3.63) is 65.2 Å². The zero-order chi connectivity index (χ0) is 16.2. The van der Waals surface area contributed by atoms with E-state index in [4.69, 9.17) is 21.8 Å². The Kier molecular flexibility index (Phi) is 4.34. The van der Waals surface area contributed by atoms with Crippen molar-refractivity contribution in [2.75, 3.05) is 10.6 Å². The molecule has 0 spiro atoms. The number of nitrogen functional groups attached to an aromatic ring is 1. The van der Waals surface area contributed by atoms with Crippen molar-refractivity contribution >= 4 is 23.4 Å². The lowest BCUT2D eigenvalue weighted by molar-refractivity contribution is 0.475. The van der Waals surface area contributed by atoms with Gasteiger partial charge in [-0.25, -0.2) is 4.98 Å². The van der Waals surface area contributed by atoms with E-state index in [-0.39, 0.29) is 16.9 Å². The number of benzene rings is 1. The molecule has 7 heteroatoms. The molecule has 0 aliphatic heterocycles. The number of anilines is 2. The van der Waals surface area contributed by atoms with Crippen LogP contribution in [0.1, 0.15) is 11.3 Å². The number of furan rings is 1. The Morgan fingerprint density at radius 3 is 2.57 bits per heavy atom. The average Bonchev–Trinajstić information content (AvgIpc) is 3.01. The van der Waals surface area contributed by atoms with Gasteiger partial charge >= 0.3 is 0 Å². The molecular weight excluding hydrogens is 316 g/mol. The molecule has 0 unspecified atom stereocenters. The smallest absolute Gasteiger partial charge is 0.223 e. The molecule has 1 aromatic carbocycles. The molecular formula is C16H15ClN4O2. The molecule has 0 saturated heterocycles. The van der Waals surface area contributed by atoms with E-state index in [1.165, 1.54) is 0 Å². The number of halogens is 1. The molecule has 0 amide bonds. The second-order valence-corrected chi connectivity index (χ2v) is 5.40. The summed E-state index contributed by atoms with van der Waals surface area (Å²) >= 11 is 5.99. The van der Waals surface area contributed by atoms with Gasteiger partial charge in [-0.2, -0.15) is 4.98 Å². The van der Waals surface area contributed by atoms with Crippen LogP contribution in [0, 0.1) is 0 Å². The third-order valence-electron chi connectivity index (χ3n) is 3.26. The Bertz CT molecular complexity index is 755. The molecule has 0 fully saturated rings. The number of aromatic hydroxyl groups is 1. The Morgan fingerprint density at radius 2 is 1.91 bits per heavy atom. The van der Waals surface area contributed by atoms with Crippen LogP contribution in [0.3, 0.4) is 0 Å². The van der Waals surface area contributed by atoms with E-state index in [0.29, 0.717) is 18.9 Å². The molecule has 2 heterocycles. The first-order valence-corrected chi connectivity index (χ1v) is 7.33. The maximum atomic E-state index is 9.40. The van der Waals surface area contributed by atoms with E-state index >= 15 is 0 Å². The second kappa shape index (κ2) is 6.58. The van der Waals surface area contributed by atoms with Gasteiger partial charge in [0.1, 0.15) is 22.5 Å². The summed E-state index contributed by atoms with van der Waals surface area (Å²) in [6.45, 7) is 1.05. The number of nitrogens with two attached hydrogens (primary N) is 1. The van der Waals surface area contributed by atoms with Crippen molar-refractivity contribution in [1.29, 1.82) is 0 Å². The maximum Gasteiger partial charge on any atom is 0.223 e. The quantitative estimate of drug-likeness (QED) is 0.698. The molecule has 0 saturated carbocycles. The van der Waals surface area contributed by atoms with Crippen molar-refractivity contribution < 1.29 is 9.52 Å². The first-order chi connectivity index (χ1) is 11.1. The van der Waals surface area contributed by atoms with Crippen LogP contribution in [0.15, 0.2) is 53.1 Å². The van der Waals surface area contributed by atoms with Crippen molar-refractivity contribution in [2.45, 2.75) is 13.1 Å². The standard InChI is InChI=1S/C16H15ClN4O2/c17-14-8-15(20-16(18)19-14)21(10-13-2-1-7-23-13)9-11-3-5-12(22)6-4-11/h1-8,22H,9-10H2,(H2,18,19,20). The van der Waals surface area contributed by atoms with E-state index < -0.39 is 0 Å². The summed E-state index contributed by atoms with van der Waals surface area (Å²) in [5.74, 6) is 1.73. The van der Waals surface area contributed by atoms with Crippen molar-refractivity contribution in [2.24, 2.45) is 0 Å². The predicted octanol–water partition coefficient (Wildman–Crippen LogP) is 3.22. The van der Waals surface area contributed by atoms with Gasteiger partial charge in [-0.05, 0) is 29.8 Å². The lowest BCUT2D eigenvalue weighted by atomic mass is 10.2. The van der Waals surface area contributed by atoms with Crippen LogP contribution in [0.4, 0.5) is 11.8 Å². The highest BCUT2D eigenvalue weighted by Gasteiger charge is 2.13. The van der Waals surface area contributed by atoms with E-state index in [0.717, 1.165) is 11.3 Å². The molecule has 23 heavy (non-hydrogen) atoms. The molecule has 3 N–H and O–H groups in total. The van der Waals surface area contributed by atoms with Gasteiger partial charge in [0, 0.05) is 12.6 Å². The summed E-state index contributed by atoms with van der Waals surface area (Å²) in [6, 6.07) is 12.3. The van der Waals surface area contributed by atoms with Gasteiger partial charge in [-0.1, -0.05) is 23.7 Å². The van der Waals surface area contributed by atoms with Gasteiger partial charge in [0.25, 0.3) is 0 Å². The highest BCUT2D eigenvalue weighted by molar-refractivity contribution is 6.29. The Hall–Kier alpha value is -2.73. The Labute approximate surface area is 138 Å². The second-order valence-electron chi connectivity index (χ2n) is 5.01. The van der Waals surface area contributed by atoms with Gasteiger partial charge in [-0.15, -0.1) is 0 Å². The van der Waals surface area contributed by atoms with E-state index in [9.17, 15) is 5.11 Å². The molecule has 0 atom stereocenters. The molecule has 118 valence electrons. The van der Waals surface area contributed by atoms with Crippen LogP contribution in [0.2, 0.25) is 5.15 Å². The highest BCUT2D eigenvalue weighted by atomic mass is 35.5. The van der Waals surface area contributed by atoms with Crippen molar-refractivity contribution in [3.8, 4) is 5.75 Å². The Morgan fingerprint density at radius 1 is 1.13 bits per heavy atom. The van der Waals surface area contributed by atoms with Crippen LogP contribution in [-0.4, -0.2) is 15.1 Å². The van der Waals surface area contributed by atoms with Gasteiger partial charge < -0.3 is 20.2 Å². The monoisotopic (exact) mass is 330 g/mol. The van der Waals surface area contributed by atoms with Crippen LogP contribution in [-0.2, 0) is 13.1 Å². The number of hydrogen-bond donors (Lipinski definition) is 2. The number of aromatic nitrogens is 2. The molecule has 3 rings (SSSR count). The third-order valence-corrected chi connectivity index (χ3v) is 3.45. The lowest BCUT2D eigenvalue weighted by Crippen LogP contribution is -2.23. The average molecular weight is 331 g/mol. The molecule has 0 aliphatic carbocycles. The summed E-state index contributed by atoms with van der Waals surface area (Å²) in [5, 5.41) is 9.69. The fourth-order valence-corrected chi connectivity index (χ4v) is 2.40. The number of nitrogens with zero attached hydrogens (tertiary/aromatic N) is 3. The first-order valence-electron chi connectivity index (χ1n) is 6.95. The van der Waals surface area contributed by atoms with Gasteiger partial charge in [0.05, 0.1) is 12.8 Å². The number of rotatable bonds is 5. The number of phenolic OH excluding ortho intramolecular Hbond substituents is 1. The van der Waals surface area contributed by atoms with Crippen LogP contribution in [0.25, 0.3) is 0 Å². The summed E-state index contributed by atoms with van der Waals surface area (Å²) < 4.78 is 5.41. The van der Waals surface area contributed by atoms with Crippen LogP contribution < -0.4 is 10.6 Å². The molecule has 2 aromatic heterocycles. The zero-order valence-electron chi connectivity index (χ0n) is 12.2. The molecule has 0 aliphatic rings. The van der Waals surface area contributed by atoms with E-state index in [1.54, 1.807) is 24.5 Å². The largest absolute Gasteiger partial charge is 0.508 e. The topological polar surface area (TPSA) is 88.4 Å². The maximum absolute atomic E-state index is 9.40. The van der Waals surface area contributed by atoms with Crippen LogP contribution >= 0.6 is 11.6 Å². The van der Waals surface area contributed by atoms with E-state index in [2.05, 4.69) is 9.97 Å². The summed E-state index contributed by atoms with van der Waals surface area (Å²) in [7, 11) is 0.